The average Bonchev–Trinajstić information content (AvgIpc) is 3.60. The van der Waals surface area contributed by atoms with E-state index in [0.29, 0.717) is 35.0 Å². The quantitative estimate of drug-likeness (QED) is 0.541. The molecule has 2 fully saturated rings. The minimum atomic E-state index is -1.67. The van der Waals surface area contributed by atoms with Gasteiger partial charge in [-0.05, 0) is 31.0 Å². The Balaban J connectivity index is 1.59. The number of carbonyl (C=O) groups excluding carboxylic acids is 2. The number of aliphatic hydroxyl groups is 1. The number of carbonyl (C=O) groups is 2. The molecular weight excluding hydrogens is 464 g/mol. The maximum absolute atomic E-state index is 13.9. The monoisotopic (exact) mass is 488 g/mol. The third-order valence-electron chi connectivity index (χ3n) is 8.22. The lowest BCUT2D eigenvalue weighted by Crippen LogP contribution is -2.57. The van der Waals surface area contributed by atoms with E-state index in [0.717, 1.165) is 0 Å². The third kappa shape index (κ3) is 2.41. The Hall–Kier alpha value is -3.60. The van der Waals surface area contributed by atoms with Gasteiger partial charge in [-0.2, -0.15) is 0 Å². The van der Waals surface area contributed by atoms with E-state index in [4.69, 9.17) is 14.5 Å². The van der Waals surface area contributed by atoms with Crippen molar-refractivity contribution in [3.05, 3.63) is 70.3 Å². The first-order valence-electron chi connectivity index (χ1n) is 11.9. The Morgan fingerprint density at radius 1 is 1.08 bits per heavy atom. The fourth-order valence-electron chi connectivity index (χ4n) is 6.53. The predicted molar refractivity (Wildman–Crippen MR) is 127 cm³/mol. The highest BCUT2D eigenvalue weighted by molar-refractivity contribution is 6.07. The number of esters is 1. The minimum Gasteiger partial charge on any atom is -0.467 e. The molecule has 1 N–H and O–H groups in total. The normalized spacial score (nSPS) is 29.5. The summed E-state index contributed by atoms with van der Waals surface area (Å²) < 4.78 is 12.4. The number of para-hydroxylation sites is 2. The second-order valence-corrected chi connectivity index (χ2v) is 9.92. The van der Waals surface area contributed by atoms with Gasteiger partial charge in [0.1, 0.15) is 23.3 Å². The number of ether oxygens (including phenoxy) is 2. The molecule has 4 atom stereocenters. The Morgan fingerprint density at radius 2 is 1.81 bits per heavy atom. The lowest BCUT2D eigenvalue weighted by Gasteiger charge is -2.44. The molecule has 0 radical (unpaired) electrons. The summed E-state index contributed by atoms with van der Waals surface area (Å²) >= 11 is 0. The van der Waals surface area contributed by atoms with E-state index >= 15 is 0 Å². The van der Waals surface area contributed by atoms with Gasteiger partial charge in [-0.3, -0.25) is 19.1 Å². The van der Waals surface area contributed by atoms with Crippen LogP contribution >= 0.6 is 0 Å². The molecule has 1 amide bonds. The summed E-state index contributed by atoms with van der Waals surface area (Å²) in [4.78, 5) is 49.4. The molecule has 184 valence electrons. The van der Waals surface area contributed by atoms with Crippen LogP contribution in [0.15, 0.2) is 53.3 Å². The van der Waals surface area contributed by atoms with Crippen LogP contribution in [0.3, 0.4) is 0 Å². The molecule has 1 spiro atoms. The van der Waals surface area contributed by atoms with Gasteiger partial charge in [0.25, 0.3) is 5.56 Å². The minimum absolute atomic E-state index is 0.121. The summed E-state index contributed by atoms with van der Waals surface area (Å²) in [5.74, 6) is -0.604. The third-order valence-corrected chi connectivity index (χ3v) is 8.22. The molecule has 1 aliphatic carbocycles. The van der Waals surface area contributed by atoms with E-state index in [1.807, 2.05) is 11.0 Å². The molecule has 7 rings (SSSR count). The molecule has 1 saturated carbocycles. The summed E-state index contributed by atoms with van der Waals surface area (Å²) in [5, 5.41) is 12.8. The van der Waals surface area contributed by atoms with Crippen molar-refractivity contribution in [3.8, 4) is 0 Å². The molecular formula is C26H24N4O6. The number of hydrogen-bond acceptors (Lipinski definition) is 8. The highest BCUT2D eigenvalue weighted by atomic mass is 16.5. The number of rotatable bonds is 2. The van der Waals surface area contributed by atoms with Gasteiger partial charge in [0, 0.05) is 19.1 Å². The molecule has 10 heteroatoms. The lowest BCUT2D eigenvalue weighted by molar-refractivity contribution is -0.161. The summed E-state index contributed by atoms with van der Waals surface area (Å²) in [7, 11) is 2.73. The number of nitrogens with zero attached hydrogens (tertiary/aromatic N) is 4. The van der Waals surface area contributed by atoms with E-state index in [9.17, 15) is 19.5 Å². The van der Waals surface area contributed by atoms with Gasteiger partial charge in [-0.15, -0.1) is 0 Å². The van der Waals surface area contributed by atoms with Crippen LogP contribution in [0.4, 0.5) is 5.69 Å². The molecule has 3 aliphatic heterocycles. The number of methoxy groups -OCH3 is 2. The van der Waals surface area contributed by atoms with Gasteiger partial charge in [0.05, 0.1) is 23.7 Å². The summed E-state index contributed by atoms with van der Waals surface area (Å²) in [6, 6.07) is 12.9. The highest BCUT2D eigenvalue weighted by Gasteiger charge is 2.74. The van der Waals surface area contributed by atoms with Gasteiger partial charge in [0.15, 0.2) is 12.1 Å². The van der Waals surface area contributed by atoms with E-state index in [1.54, 1.807) is 47.4 Å². The SMILES string of the molecule is COC(=O)C1CC2(O)c3ccccc3N3C(=O)C4(CC4)N(C(OC)c4nc5ccccc5c(=O)n41)C32. The van der Waals surface area contributed by atoms with Crippen molar-refractivity contribution in [2.24, 2.45) is 0 Å². The van der Waals surface area contributed by atoms with Crippen molar-refractivity contribution in [3.63, 3.8) is 0 Å². The fraction of sp³-hybridized carbons (Fsp3) is 0.385. The van der Waals surface area contributed by atoms with Crippen LogP contribution in [0.1, 0.15) is 42.9 Å². The first-order chi connectivity index (χ1) is 17.4. The Kier molecular flexibility index (Phi) is 4.21. The number of benzene rings is 2. The molecule has 4 unspecified atom stereocenters. The highest BCUT2D eigenvalue weighted by Crippen LogP contribution is 2.62. The first kappa shape index (κ1) is 21.7. The second kappa shape index (κ2) is 7.00. The number of hydrogen-bond donors (Lipinski definition) is 1. The zero-order valence-electron chi connectivity index (χ0n) is 19.7. The molecule has 36 heavy (non-hydrogen) atoms. The smallest absolute Gasteiger partial charge is 0.329 e. The predicted octanol–water partition coefficient (Wildman–Crippen LogP) is 1.57. The number of fused-ring (bicyclic) bond motifs is 6. The van der Waals surface area contributed by atoms with Crippen LogP contribution in [0.2, 0.25) is 0 Å². The molecule has 1 aromatic heterocycles. The lowest BCUT2D eigenvalue weighted by atomic mass is 9.84. The second-order valence-electron chi connectivity index (χ2n) is 9.92. The van der Waals surface area contributed by atoms with E-state index < -0.39 is 41.1 Å². The molecule has 0 bridgehead atoms. The van der Waals surface area contributed by atoms with Crippen molar-refractivity contribution >= 4 is 28.5 Å². The van der Waals surface area contributed by atoms with E-state index in [2.05, 4.69) is 0 Å². The van der Waals surface area contributed by atoms with Gasteiger partial charge in [0.2, 0.25) is 5.91 Å². The topological polar surface area (TPSA) is 114 Å². The number of anilines is 1. The number of amides is 1. The Labute approximate surface area is 205 Å². The zero-order valence-corrected chi connectivity index (χ0v) is 19.7. The van der Waals surface area contributed by atoms with Crippen molar-refractivity contribution < 1.29 is 24.2 Å². The molecule has 4 aliphatic rings. The van der Waals surface area contributed by atoms with Gasteiger partial charge in [-0.25, -0.2) is 14.7 Å². The van der Waals surface area contributed by atoms with Gasteiger partial charge in [-0.1, -0.05) is 30.3 Å². The van der Waals surface area contributed by atoms with Crippen LogP contribution in [0.5, 0.6) is 0 Å². The Morgan fingerprint density at radius 3 is 2.53 bits per heavy atom. The van der Waals surface area contributed by atoms with Crippen molar-refractivity contribution in [2.45, 2.75) is 48.8 Å². The molecule has 4 heterocycles. The molecule has 1 saturated heterocycles. The molecule has 2 aromatic carbocycles. The largest absolute Gasteiger partial charge is 0.467 e. The first-order valence-corrected chi connectivity index (χ1v) is 11.9. The summed E-state index contributed by atoms with van der Waals surface area (Å²) in [5.41, 5.74) is -1.40. The maximum Gasteiger partial charge on any atom is 0.329 e. The average molecular weight is 489 g/mol. The molecule has 3 aromatic rings. The maximum atomic E-state index is 13.9. The molecule has 10 nitrogen and oxygen atoms in total. The van der Waals surface area contributed by atoms with Crippen LogP contribution in [-0.2, 0) is 24.7 Å². The summed E-state index contributed by atoms with van der Waals surface area (Å²) in [6.07, 6.45) is -0.804. The van der Waals surface area contributed by atoms with E-state index in [-0.39, 0.29) is 18.2 Å². The van der Waals surface area contributed by atoms with Crippen LogP contribution < -0.4 is 10.5 Å². The van der Waals surface area contributed by atoms with Crippen molar-refractivity contribution in [1.29, 1.82) is 0 Å². The van der Waals surface area contributed by atoms with E-state index in [1.165, 1.54) is 18.8 Å². The van der Waals surface area contributed by atoms with Gasteiger partial charge < -0.3 is 14.6 Å². The standard InChI is InChI=1S/C26H24N4O6/c1-35-21-19-27-16-9-5-3-7-14(16)20(31)28(19)18(22(32)36-2)13-26(34)15-8-4-6-10-17(15)29-23(26)30(21)25(11-12-25)24(29)33/h3-10,18,21,23,34H,11-13H2,1-2H3. The van der Waals surface area contributed by atoms with Crippen molar-refractivity contribution in [1.82, 2.24) is 14.5 Å². The number of aromatic nitrogens is 2. The van der Waals surface area contributed by atoms with Crippen LogP contribution in [-0.4, -0.2) is 57.4 Å². The van der Waals surface area contributed by atoms with Crippen molar-refractivity contribution in [2.75, 3.05) is 19.1 Å². The van der Waals surface area contributed by atoms with Crippen LogP contribution in [0, 0.1) is 0 Å². The van der Waals surface area contributed by atoms with Gasteiger partial charge >= 0.3 is 5.97 Å². The zero-order chi connectivity index (χ0) is 25.0. The van der Waals surface area contributed by atoms with Crippen LogP contribution in [0.25, 0.3) is 10.9 Å². The fourth-order valence-corrected chi connectivity index (χ4v) is 6.53. The Bertz CT molecular complexity index is 1530. The summed E-state index contributed by atoms with van der Waals surface area (Å²) in [6.45, 7) is 0.